The molecule has 0 unspecified atom stereocenters. The number of benzene rings is 1. The first-order chi connectivity index (χ1) is 23.5. The van der Waals surface area contributed by atoms with Gasteiger partial charge in [0, 0.05) is 36.2 Å². The van der Waals surface area contributed by atoms with Gasteiger partial charge in [-0.1, -0.05) is 26.0 Å². The van der Waals surface area contributed by atoms with Gasteiger partial charge in [0.1, 0.15) is 12.6 Å². The summed E-state index contributed by atoms with van der Waals surface area (Å²) in [5, 5.41) is 8.11. The largest absolute Gasteiger partial charge is 0.460 e. The van der Waals surface area contributed by atoms with E-state index in [2.05, 4.69) is 20.9 Å². The van der Waals surface area contributed by atoms with Crippen molar-refractivity contribution in [1.29, 1.82) is 0 Å². The summed E-state index contributed by atoms with van der Waals surface area (Å²) in [6, 6.07) is 5.32. The Bertz CT molecular complexity index is 1480. The standard InChI is InChI=1S/C34H47N6O9Si/c1-20(2)27(38-28(43)22-9-11-23(12-10-22)30(45)40-25(41)15-16-26(40)42)29(44)39-50(18-6-17-36-32(35)47)33(48)37-24-13-7-21(8-14-24)19-49-31(46)34(3,4)5/h7-8,13-16,20,22-23,27H,6,9-12,17-19H2,1-5H3,(H,37,48)(H,38,43)(H,39,44)(H3,35,36,47)/t22?,23?,27-/m0/s1. The van der Waals surface area contributed by atoms with Crippen molar-refractivity contribution in [2.24, 2.45) is 28.9 Å². The molecule has 50 heavy (non-hydrogen) atoms. The average Bonchev–Trinajstić information content (AvgIpc) is 3.40. The summed E-state index contributed by atoms with van der Waals surface area (Å²) in [5.74, 6) is -4.52. The number of anilines is 1. The van der Waals surface area contributed by atoms with Gasteiger partial charge in [-0.2, -0.15) is 0 Å². The minimum atomic E-state index is -2.30. The van der Waals surface area contributed by atoms with Gasteiger partial charge in [-0.15, -0.1) is 0 Å². The van der Waals surface area contributed by atoms with Crippen molar-refractivity contribution in [3.63, 3.8) is 0 Å². The lowest BCUT2D eigenvalue weighted by molar-refractivity contribution is -0.154. The molecule has 3 rings (SSSR count). The number of urea groups is 1. The van der Waals surface area contributed by atoms with Crippen LogP contribution in [0.5, 0.6) is 0 Å². The van der Waals surface area contributed by atoms with Gasteiger partial charge in [0.15, 0.2) is 0 Å². The normalized spacial score (nSPS) is 18.1. The van der Waals surface area contributed by atoms with Crippen LogP contribution in [0.3, 0.4) is 0 Å². The maximum atomic E-state index is 13.6. The Morgan fingerprint density at radius 2 is 1.52 bits per heavy atom. The van der Waals surface area contributed by atoms with Crippen LogP contribution in [0, 0.1) is 23.2 Å². The maximum absolute atomic E-state index is 13.6. The van der Waals surface area contributed by atoms with Gasteiger partial charge in [0.2, 0.25) is 23.3 Å². The maximum Gasteiger partial charge on any atom is 0.312 e. The van der Waals surface area contributed by atoms with Gasteiger partial charge in [0.25, 0.3) is 20.8 Å². The smallest absolute Gasteiger partial charge is 0.312 e. The molecule has 1 atom stereocenters. The third-order valence-electron chi connectivity index (χ3n) is 8.37. The molecule has 6 N–H and O–H groups in total. The van der Waals surface area contributed by atoms with E-state index < -0.39 is 67.4 Å². The number of nitrogens with two attached hydrogens (primary N) is 1. The van der Waals surface area contributed by atoms with Crippen LogP contribution in [0.1, 0.15) is 72.3 Å². The number of carbonyl (C=O) groups is 8. The predicted molar refractivity (Wildman–Crippen MR) is 184 cm³/mol. The fraction of sp³-hybridized carbons (Fsp3) is 0.529. The Kier molecular flexibility index (Phi) is 14.0. The molecule has 1 fully saturated rings. The van der Waals surface area contributed by atoms with E-state index in [1.54, 1.807) is 58.9 Å². The molecule has 1 aromatic carbocycles. The Balaban J connectivity index is 1.61. The third kappa shape index (κ3) is 11.4. The molecule has 1 radical (unpaired) electrons. The zero-order valence-corrected chi connectivity index (χ0v) is 30.1. The van der Waals surface area contributed by atoms with Gasteiger partial charge < -0.3 is 31.4 Å². The number of amides is 8. The summed E-state index contributed by atoms with van der Waals surface area (Å²) >= 11 is 0. The Labute approximate surface area is 293 Å². The number of carbonyl (C=O) groups excluding carboxylic acids is 8. The Hall–Kier alpha value is -4.86. The van der Waals surface area contributed by atoms with E-state index in [9.17, 15) is 38.4 Å². The summed E-state index contributed by atoms with van der Waals surface area (Å²) in [6.45, 7) is 9.07. The lowest BCUT2D eigenvalue weighted by atomic mass is 9.80. The highest BCUT2D eigenvalue weighted by molar-refractivity contribution is 6.91. The molecule has 8 amide bonds. The Morgan fingerprint density at radius 3 is 2.06 bits per heavy atom. The number of primary amides is 1. The topological polar surface area (TPSA) is 223 Å². The lowest BCUT2D eigenvalue weighted by Crippen LogP contribution is -2.57. The number of hydrogen-bond donors (Lipinski definition) is 5. The van der Waals surface area contributed by atoms with Crippen molar-refractivity contribution in [3.8, 4) is 0 Å². The molecule has 0 bridgehead atoms. The fourth-order valence-corrected chi connectivity index (χ4v) is 7.14. The summed E-state index contributed by atoms with van der Waals surface area (Å²) in [4.78, 5) is 104. The number of nitrogens with zero attached hydrogens (tertiary/aromatic N) is 1. The molecule has 1 aromatic rings. The molecule has 271 valence electrons. The average molecular weight is 712 g/mol. The van der Waals surface area contributed by atoms with E-state index in [0.717, 1.165) is 17.7 Å². The van der Waals surface area contributed by atoms with E-state index in [1.165, 1.54) is 0 Å². The predicted octanol–water partition coefficient (Wildman–Crippen LogP) is 2.45. The van der Waals surface area contributed by atoms with E-state index in [4.69, 9.17) is 10.5 Å². The van der Waals surface area contributed by atoms with Crippen LogP contribution in [0.4, 0.5) is 15.3 Å². The highest BCUT2D eigenvalue weighted by Gasteiger charge is 2.39. The summed E-state index contributed by atoms with van der Waals surface area (Å²) in [5.41, 5.74) is 5.29. The fourth-order valence-electron chi connectivity index (χ4n) is 5.40. The molecule has 1 aliphatic carbocycles. The number of hydrogen-bond acceptors (Lipinski definition) is 9. The van der Waals surface area contributed by atoms with Gasteiger partial charge >= 0.3 is 12.0 Å². The molecular weight excluding hydrogens is 664 g/mol. The Morgan fingerprint density at radius 1 is 0.940 bits per heavy atom. The molecule has 1 aliphatic heterocycles. The highest BCUT2D eigenvalue weighted by Crippen LogP contribution is 2.31. The van der Waals surface area contributed by atoms with Crippen LogP contribution in [0.15, 0.2) is 36.4 Å². The second-order valence-corrected chi connectivity index (χ2v) is 16.0. The van der Waals surface area contributed by atoms with Gasteiger partial charge in [0.05, 0.1) is 5.41 Å². The van der Waals surface area contributed by atoms with Gasteiger partial charge in [-0.3, -0.25) is 33.6 Å². The minimum Gasteiger partial charge on any atom is -0.460 e. The first kappa shape index (κ1) is 39.6. The molecule has 2 aliphatic rings. The molecule has 0 saturated heterocycles. The molecule has 1 heterocycles. The lowest BCUT2D eigenvalue weighted by Gasteiger charge is -2.30. The molecule has 0 spiro atoms. The van der Waals surface area contributed by atoms with Crippen molar-refractivity contribution in [1.82, 2.24) is 20.5 Å². The quantitative estimate of drug-likeness (QED) is 0.0826. The molecular formula is C34H47N6O9Si. The SMILES string of the molecule is CC(C)[C@H](NC(=O)C1CCC(C(=O)N2C(=O)C=CC2=O)CC1)C(=O)N[Si](CCCNC(N)=O)C(=O)Nc1ccc(COC(=O)C(C)(C)C)cc1. The van der Waals surface area contributed by atoms with Gasteiger partial charge in [-0.05, 0) is 82.5 Å². The van der Waals surface area contributed by atoms with Crippen molar-refractivity contribution in [2.45, 2.75) is 85.4 Å². The van der Waals surface area contributed by atoms with E-state index >= 15 is 0 Å². The van der Waals surface area contributed by atoms with Crippen LogP contribution < -0.4 is 26.7 Å². The van der Waals surface area contributed by atoms with Crippen LogP contribution in [-0.4, -0.2) is 73.5 Å². The molecule has 1 saturated carbocycles. The number of imide groups is 3. The van der Waals surface area contributed by atoms with Crippen molar-refractivity contribution >= 4 is 61.7 Å². The zero-order valence-electron chi connectivity index (χ0n) is 29.1. The minimum absolute atomic E-state index is 0.0719. The van der Waals surface area contributed by atoms with Crippen LogP contribution >= 0.6 is 0 Å². The monoisotopic (exact) mass is 711 g/mol. The van der Waals surface area contributed by atoms with Crippen LogP contribution in [0.2, 0.25) is 6.04 Å². The van der Waals surface area contributed by atoms with E-state index in [1.807, 2.05) is 0 Å². The first-order valence-corrected chi connectivity index (χ1v) is 18.4. The van der Waals surface area contributed by atoms with E-state index in [-0.39, 0.29) is 37.0 Å². The summed E-state index contributed by atoms with van der Waals surface area (Å²) < 4.78 is 5.34. The number of esters is 1. The number of rotatable bonds is 14. The molecule has 15 nitrogen and oxygen atoms in total. The second kappa shape index (κ2) is 17.7. The third-order valence-corrected chi connectivity index (χ3v) is 10.4. The van der Waals surface area contributed by atoms with Crippen LogP contribution in [-0.2, 0) is 40.1 Å². The first-order valence-electron chi connectivity index (χ1n) is 16.7. The molecule has 16 heteroatoms. The summed E-state index contributed by atoms with van der Waals surface area (Å²) in [6.07, 6.45) is 3.75. The molecule has 0 aromatic heterocycles. The summed E-state index contributed by atoms with van der Waals surface area (Å²) in [7, 11) is -2.30. The van der Waals surface area contributed by atoms with Crippen molar-refractivity contribution < 1.29 is 43.1 Å². The number of nitrogens with one attached hydrogen (secondary N) is 4. The van der Waals surface area contributed by atoms with Crippen LogP contribution in [0.25, 0.3) is 0 Å². The number of ether oxygens (including phenoxy) is 1. The highest BCUT2D eigenvalue weighted by atomic mass is 28.3. The zero-order chi connectivity index (χ0) is 37.2. The van der Waals surface area contributed by atoms with Crippen molar-refractivity contribution in [3.05, 3.63) is 42.0 Å². The van der Waals surface area contributed by atoms with Gasteiger partial charge in [-0.25, -0.2) is 9.69 Å². The second-order valence-electron chi connectivity index (χ2n) is 13.8. The van der Waals surface area contributed by atoms with Crippen molar-refractivity contribution in [2.75, 3.05) is 11.9 Å². The van der Waals surface area contributed by atoms with E-state index in [0.29, 0.717) is 42.7 Å².